The quantitative estimate of drug-likeness (QED) is 0.172. The van der Waals surface area contributed by atoms with Crippen molar-refractivity contribution in [1.29, 1.82) is 0 Å². The molecule has 176 valence electrons. The molecule has 0 amide bonds. The standard InChI is InChI=1S/C12H16N2O4.C10H10N2O3/c1-3-17-11(15)10(12(16)18-4-2)9-13-14-7-5-6-8-14;1-2-15-10(14)7-6-11-12-5-3-4-8(12)9(7)13/h5-9,13H,3-4H2,1-2H3;3-6,11H,2H2,1H3. The number of carbonyl (C=O) groups excluding carboxylic acids is 3. The molecule has 11 nitrogen and oxygen atoms in total. The van der Waals surface area contributed by atoms with Crippen molar-refractivity contribution < 1.29 is 28.6 Å². The molecule has 0 fully saturated rings. The van der Waals surface area contributed by atoms with Crippen molar-refractivity contribution in [2.75, 3.05) is 25.2 Å². The van der Waals surface area contributed by atoms with Crippen LogP contribution in [0, 0.1) is 0 Å². The maximum atomic E-state index is 11.8. The van der Waals surface area contributed by atoms with E-state index in [0.29, 0.717) is 5.52 Å². The summed E-state index contributed by atoms with van der Waals surface area (Å²) in [5.74, 6) is -2.02. The molecule has 2 N–H and O–H groups in total. The zero-order valence-electron chi connectivity index (χ0n) is 18.6. The summed E-state index contributed by atoms with van der Waals surface area (Å²) in [6.45, 7) is 5.67. The molecule has 0 spiro atoms. The van der Waals surface area contributed by atoms with Crippen LogP contribution in [0.15, 0.2) is 65.6 Å². The summed E-state index contributed by atoms with van der Waals surface area (Å²) in [6.07, 6.45) is 7.77. The van der Waals surface area contributed by atoms with Crippen molar-refractivity contribution in [3.8, 4) is 0 Å². The van der Waals surface area contributed by atoms with Crippen LogP contribution in [-0.2, 0) is 23.8 Å². The Labute approximate surface area is 189 Å². The Balaban J connectivity index is 0.000000237. The Bertz CT molecular complexity index is 1140. The number of rotatable bonds is 8. The highest BCUT2D eigenvalue weighted by Crippen LogP contribution is 2.02. The number of nitrogens with zero attached hydrogens (tertiary/aromatic N) is 2. The summed E-state index contributed by atoms with van der Waals surface area (Å²) in [5.41, 5.74) is 2.72. The van der Waals surface area contributed by atoms with Crippen molar-refractivity contribution >= 4 is 23.4 Å². The number of fused-ring (bicyclic) bond motifs is 1. The molecular weight excluding hydrogens is 432 g/mol. The fraction of sp³-hybridized carbons (Fsp3) is 0.273. The lowest BCUT2D eigenvalue weighted by Gasteiger charge is -2.08. The molecule has 0 aliphatic carbocycles. The van der Waals surface area contributed by atoms with Crippen LogP contribution in [0.5, 0.6) is 0 Å². The molecule has 3 heterocycles. The Kier molecular flexibility index (Phi) is 9.50. The topological polar surface area (TPSA) is 133 Å². The number of H-pyrrole nitrogens is 1. The first-order chi connectivity index (χ1) is 15.9. The van der Waals surface area contributed by atoms with E-state index in [1.54, 1.807) is 72.8 Å². The number of esters is 3. The van der Waals surface area contributed by atoms with Gasteiger partial charge in [0.2, 0.25) is 5.43 Å². The molecule has 33 heavy (non-hydrogen) atoms. The lowest BCUT2D eigenvalue weighted by Crippen LogP contribution is -2.21. The minimum absolute atomic E-state index is 0.0306. The summed E-state index contributed by atoms with van der Waals surface area (Å²) in [7, 11) is 0. The summed E-state index contributed by atoms with van der Waals surface area (Å²) >= 11 is 0. The third-order valence-electron chi connectivity index (χ3n) is 4.02. The third kappa shape index (κ3) is 6.86. The molecule has 11 heteroatoms. The fourth-order valence-corrected chi connectivity index (χ4v) is 2.56. The van der Waals surface area contributed by atoms with E-state index in [2.05, 4.69) is 10.5 Å². The second-order valence-corrected chi connectivity index (χ2v) is 6.22. The number of ether oxygens (including phenoxy) is 3. The highest BCUT2D eigenvalue weighted by molar-refractivity contribution is 6.14. The molecule has 0 atom stereocenters. The smallest absolute Gasteiger partial charge is 0.347 e. The van der Waals surface area contributed by atoms with Crippen LogP contribution in [0.2, 0.25) is 0 Å². The monoisotopic (exact) mass is 458 g/mol. The maximum Gasteiger partial charge on any atom is 0.347 e. The van der Waals surface area contributed by atoms with Crippen molar-refractivity contribution in [1.82, 2.24) is 14.3 Å². The van der Waals surface area contributed by atoms with E-state index in [1.807, 2.05) is 0 Å². The van der Waals surface area contributed by atoms with Crippen molar-refractivity contribution in [3.05, 3.63) is 76.6 Å². The molecule has 3 aromatic rings. The third-order valence-corrected chi connectivity index (χ3v) is 4.02. The van der Waals surface area contributed by atoms with Gasteiger partial charge in [0.25, 0.3) is 0 Å². The second-order valence-electron chi connectivity index (χ2n) is 6.22. The largest absolute Gasteiger partial charge is 0.462 e. The first kappa shape index (κ1) is 25.0. The van der Waals surface area contributed by atoms with Gasteiger partial charge in [-0.2, -0.15) is 0 Å². The Morgan fingerprint density at radius 3 is 2.12 bits per heavy atom. The summed E-state index contributed by atoms with van der Waals surface area (Å²) in [5, 5.41) is 2.80. The highest BCUT2D eigenvalue weighted by Gasteiger charge is 2.20. The number of aromatic nitrogens is 3. The molecule has 0 aliphatic rings. The molecule has 3 rings (SSSR count). The molecule has 0 bridgehead atoms. The van der Waals surface area contributed by atoms with Gasteiger partial charge in [0.05, 0.1) is 19.8 Å². The van der Waals surface area contributed by atoms with Crippen molar-refractivity contribution in [2.24, 2.45) is 0 Å². The number of carbonyl (C=O) groups is 3. The zero-order chi connectivity index (χ0) is 24.2. The fourth-order valence-electron chi connectivity index (χ4n) is 2.56. The van der Waals surface area contributed by atoms with Gasteiger partial charge in [0.1, 0.15) is 11.1 Å². The van der Waals surface area contributed by atoms with Crippen LogP contribution in [0.1, 0.15) is 31.1 Å². The van der Waals surface area contributed by atoms with Crippen LogP contribution in [-0.4, -0.2) is 52.0 Å². The maximum absolute atomic E-state index is 11.8. The van der Waals surface area contributed by atoms with Gasteiger partial charge in [-0.3, -0.25) is 14.0 Å². The number of nitrogens with one attached hydrogen (secondary N) is 2. The average Bonchev–Trinajstić information content (AvgIpc) is 3.47. The number of hydrogen-bond donors (Lipinski definition) is 2. The van der Waals surface area contributed by atoms with Gasteiger partial charge in [0.15, 0.2) is 5.57 Å². The van der Waals surface area contributed by atoms with Crippen LogP contribution in [0.25, 0.3) is 5.52 Å². The molecular formula is C22H26N4O7. The molecule has 0 aromatic carbocycles. The van der Waals surface area contributed by atoms with Crippen LogP contribution < -0.4 is 10.9 Å². The number of aromatic amines is 1. The first-order valence-electron chi connectivity index (χ1n) is 10.2. The van der Waals surface area contributed by atoms with Crippen LogP contribution in [0.4, 0.5) is 0 Å². The lowest BCUT2D eigenvalue weighted by atomic mass is 10.3. The highest BCUT2D eigenvalue weighted by atomic mass is 16.6. The SMILES string of the molecule is CCOC(=O)C(=CNn1cccc1)C(=O)OCC.CCOC(=O)c1c[nH]n2cccc2c1=O. The van der Waals surface area contributed by atoms with E-state index < -0.39 is 17.9 Å². The predicted octanol–water partition coefficient (Wildman–Crippen LogP) is 1.85. The lowest BCUT2D eigenvalue weighted by molar-refractivity contribution is -0.146. The van der Waals surface area contributed by atoms with Crippen LogP contribution >= 0.6 is 0 Å². The van der Waals surface area contributed by atoms with E-state index in [-0.39, 0.29) is 36.4 Å². The minimum Gasteiger partial charge on any atom is -0.462 e. The van der Waals surface area contributed by atoms with Gasteiger partial charge in [-0.15, -0.1) is 0 Å². The van der Waals surface area contributed by atoms with Gasteiger partial charge in [-0.25, -0.2) is 14.4 Å². The van der Waals surface area contributed by atoms with E-state index >= 15 is 0 Å². The van der Waals surface area contributed by atoms with Crippen molar-refractivity contribution in [3.63, 3.8) is 0 Å². The Hall–Kier alpha value is -4.28. The van der Waals surface area contributed by atoms with Crippen molar-refractivity contribution in [2.45, 2.75) is 20.8 Å². The molecule has 0 saturated heterocycles. The first-order valence-corrected chi connectivity index (χ1v) is 10.2. The minimum atomic E-state index is -0.712. The Morgan fingerprint density at radius 2 is 1.55 bits per heavy atom. The van der Waals surface area contributed by atoms with Crippen LogP contribution in [0.3, 0.4) is 0 Å². The van der Waals surface area contributed by atoms with Gasteiger partial charge in [-0.1, -0.05) is 0 Å². The molecule has 0 unspecified atom stereocenters. The average molecular weight is 458 g/mol. The molecule has 3 aromatic heterocycles. The molecule has 0 aliphatic heterocycles. The summed E-state index contributed by atoms with van der Waals surface area (Å²) in [4.78, 5) is 46.3. The van der Waals surface area contributed by atoms with Gasteiger partial charge in [-0.05, 0) is 45.0 Å². The van der Waals surface area contributed by atoms with E-state index in [9.17, 15) is 19.2 Å². The van der Waals surface area contributed by atoms with Gasteiger partial charge < -0.3 is 24.7 Å². The molecule has 0 radical (unpaired) electrons. The zero-order valence-corrected chi connectivity index (χ0v) is 18.6. The van der Waals surface area contributed by atoms with Gasteiger partial charge >= 0.3 is 17.9 Å². The summed E-state index contributed by atoms with van der Waals surface area (Å²) in [6, 6.07) is 6.97. The predicted molar refractivity (Wildman–Crippen MR) is 119 cm³/mol. The van der Waals surface area contributed by atoms with E-state index in [0.717, 1.165) is 0 Å². The normalized spacial score (nSPS) is 9.91. The second kappa shape index (κ2) is 12.5. The number of hydrogen-bond acceptors (Lipinski definition) is 8. The summed E-state index contributed by atoms with van der Waals surface area (Å²) < 4.78 is 17.5. The van der Waals surface area contributed by atoms with Gasteiger partial charge in [0, 0.05) is 31.0 Å². The molecule has 0 saturated carbocycles. The Morgan fingerprint density at radius 1 is 0.939 bits per heavy atom. The van der Waals surface area contributed by atoms with E-state index in [1.165, 1.54) is 12.4 Å². The van der Waals surface area contributed by atoms with E-state index in [4.69, 9.17) is 14.2 Å².